The van der Waals surface area contributed by atoms with Crippen LogP contribution in [0.15, 0.2) is 18.2 Å². The second kappa shape index (κ2) is 6.70. The van der Waals surface area contributed by atoms with Gasteiger partial charge in [0.2, 0.25) is 0 Å². The summed E-state index contributed by atoms with van der Waals surface area (Å²) in [5, 5.41) is 3.40. The fraction of sp³-hybridized carbons (Fsp3) is 0.600. The molecule has 1 heteroatoms. The van der Waals surface area contributed by atoms with Crippen molar-refractivity contribution >= 4 is 0 Å². The quantitative estimate of drug-likeness (QED) is 0.770. The van der Waals surface area contributed by atoms with Crippen molar-refractivity contribution in [1.82, 2.24) is 5.32 Å². The monoisotopic (exact) mass is 219 g/mol. The topological polar surface area (TPSA) is 12.0 Å². The molecule has 1 nitrogen and oxygen atoms in total. The van der Waals surface area contributed by atoms with Gasteiger partial charge in [0.25, 0.3) is 0 Å². The lowest BCUT2D eigenvalue weighted by Crippen LogP contribution is -2.25. The van der Waals surface area contributed by atoms with E-state index in [0.29, 0.717) is 6.04 Å². The van der Waals surface area contributed by atoms with Crippen LogP contribution < -0.4 is 5.32 Å². The first-order valence-electron chi connectivity index (χ1n) is 6.40. The maximum atomic E-state index is 3.40. The molecular weight excluding hydrogens is 194 g/mol. The fourth-order valence-corrected chi connectivity index (χ4v) is 2.24. The van der Waals surface area contributed by atoms with Gasteiger partial charge in [0.05, 0.1) is 0 Å². The van der Waals surface area contributed by atoms with E-state index in [1.54, 1.807) is 0 Å². The van der Waals surface area contributed by atoms with Gasteiger partial charge in [-0.15, -0.1) is 0 Å². The van der Waals surface area contributed by atoms with Gasteiger partial charge in [-0.05, 0) is 51.3 Å². The van der Waals surface area contributed by atoms with Crippen LogP contribution in [0.5, 0.6) is 0 Å². The van der Waals surface area contributed by atoms with E-state index in [9.17, 15) is 0 Å². The Labute approximate surface area is 100 Å². The summed E-state index contributed by atoms with van der Waals surface area (Å²) in [5.74, 6) is 0. The highest BCUT2D eigenvalue weighted by molar-refractivity contribution is 5.30. The van der Waals surface area contributed by atoms with Crippen molar-refractivity contribution < 1.29 is 0 Å². The predicted octanol–water partition coefficient (Wildman–Crippen LogP) is 3.62. The molecule has 1 unspecified atom stereocenters. The minimum Gasteiger partial charge on any atom is -0.317 e. The smallest absolute Gasteiger partial charge is 0.00671 e. The molecule has 0 spiro atoms. The largest absolute Gasteiger partial charge is 0.317 e. The maximum Gasteiger partial charge on any atom is 0.00671 e. The zero-order valence-corrected chi connectivity index (χ0v) is 11.1. The molecule has 0 bridgehead atoms. The Morgan fingerprint density at radius 1 is 1.19 bits per heavy atom. The van der Waals surface area contributed by atoms with Crippen LogP contribution in [0.3, 0.4) is 0 Å². The first-order chi connectivity index (χ1) is 7.67. The van der Waals surface area contributed by atoms with E-state index >= 15 is 0 Å². The van der Waals surface area contributed by atoms with Gasteiger partial charge in [-0.2, -0.15) is 0 Å². The van der Waals surface area contributed by atoms with Crippen molar-refractivity contribution in [2.45, 2.75) is 52.5 Å². The Morgan fingerprint density at radius 3 is 2.50 bits per heavy atom. The van der Waals surface area contributed by atoms with Crippen LogP contribution in [0, 0.1) is 13.8 Å². The number of nitrogens with one attached hydrogen (secondary N) is 1. The zero-order valence-electron chi connectivity index (χ0n) is 11.1. The molecule has 1 N–H and O–H groups in total. The van der Waals surface area contributed by atoms with Crippen LogP contribution in [0.1, 0.15) is 42.9 Å². The van der Waals surface area contributed by atoms with Gasteiger partial charge in [0.1, 0.15) is 0 Å². The number of aryl methyl sites for hydroxylation is 3. The lowest BCUT2D eigenvalue weighted by molar-refractivity contribution is 0.483. The average Bonchev–Trinajstić information content (AvgIpc) is 2.26. The molecule has 0 aromatic heterocycles. The number of rotatable bonds is 6. The number of hydrogen-bond acceptors (Lipinski definition) is 1. The molecule has 1 rings (SSSR count). The van der Waals surface area contributed by atoms with E-state index < -0.39 is 0 Å². The molecule has 1 aromatic carbocycles. The van der Waals surface area contributed by atoms with E-state index in [0.717, 1.165) is 0 Å². The SMILES string of the molecule is CCCC(CCc1ccc(C)cc1C)NC. The van der Waals surface area contributed by atoms with Crippen molar-refractivity contribution in [2.75, 3.05) is 7.05 Å². The molecule has 0 radical (unpaired) electrons. The van der Waals surface area contributed by atoms with Gasteiger partial charge in [-0.1, -0.05) is 37.1 Å². The summed E-state index contributed by atoms with van der Waals surface area (Å²) in [6, 6.07) is 7.45. The second-order valence-corrected chi connectivity index (χ2v) is 4.74. The minimum absolute atomic E-state index is 0.672. The van der Waals surface area contributed by atoms with E-state index in [4.69, 9.17) is 0 Å². The summed E-state index contributed by atoms with van der Waals surface area (Å²) < 4.78 is 0. The molecule has 0 aliphatic carbocycles. The Hall–Kier alpha value is -0.820. The van der Waals surface area contributed by atoms with Crippen molar-refractivity contribution in [3.63, 3.8) is 0 Å². The van der Waals surface area contributed by atoms with Gasteiger partial charge in [-0.25, -0.2) is 0 Å². The highest BCUT2D eigenvalue weighted by atomic mass is 14.9. The van der Waals surface area contributed by atoms with Crippen molar-refractivity contribution in [1.29, 1.82) is 0 Å². The lowest BCUT2D eigenvalue weighted by Gasteiger charge is -2.16. The molecule has 16 heavy (non-hydrogen) atoms. The zero-order chi connectivity index (χ0) is 12.0. The molecule has 0 saturated heterocycles. The van der Waals surface area contributed by atoms with Crippen LogP contribution in [0.4, 0.5) is 0 Å². The van der Waals surface area contributed by atoms with Crippen LogP contribution in [-0.4, -0.2) is 13.1 Å². The van der Waals surface area contributed by atoms with Crippen LogP contribution in [0.2, 0.25) is 0 Å². The molecule has 1 atom stereocenters. The maximum absolute atomic E-state index is 3.40. The predicted molar refractivity (Wildman–Crippen MR) is 72.0 cm³/mol. The summed E-state index contributed by atoms with van der Waals surface area (Å²) in [6.07, 6.45) is 4.98. The molecule has 0 amide bonds. The highest BCUT2D eigenvalue weighted by Crippen LogP contribution is 2.14. The first kappa shape index (κ1) is 13.2. The van der Waals surface area contributed by atoms with Gasteiger partial charge in [0, 0.05) is 6.04 Å². The third kappa shape index (κ3) is 3.97. The number of hydrogen-bond donors (Lipinski definition) is 1. The van der Waals surface area contributed by atoms with Crippen LogP contribution in [-0.2, 0) is 6.42 Å². The molecule has 90 valence electrons. The Morgan fingerprint density at radius 2 is 1.94 bits per heavy atom. The standard InChI is InChI=1S/C15H25N/c1-5-6-15(16-4)10-9-14-8-7-12(2)11-13(14)3/h7-8,11,15-16H,5-6,9-10H2,1-4H3. The molecular formula is C15H25N. The third-order valence-corrected chi connectivity index (χ3v) is 3.31. The third-order valence-electron chi connectivity index (χ3n) is 3.31. The van der Waals surface area contributed by atoms with Gasteiger partial charge in [-0.3, -0.25) is 0 Å². The summed E-state index contributed by atoms with van der Waals surface area (Å²) in [6.45, 7) is 6.63. The molecule has 0 fully saturated rings. The van der Waals surface area contributed by atoms with E-state index in [1.165, 1.54) is 42.4 Å². The summed E-state index contributed by atoms with van der Waals surface area (Å²) in [7, 11) is 2.07. The Bertz CT molecular complexity index is 317. The van der Waals surface area contributed by atoms with Crippen molar-refractivity contribution in [2.24, 2.45) is 0 Å². The average molecular weight is 219 g/mol. The molecule has 0 aliphatic rings. The molecule has 0 heterocycles. The summed E-state index contributed by atoms with van der Waals surface area (Å²) >= 11 is 0. The Balaban J connectivity index is 2.53. The van der Waals surface area contributed by atoms with E-state index in [1.807, 2.05) is 0 Å². The van der Waals surface area contributed by atoms with Crippen LogP contribution >= 0.6 is 0 Å². The summed E-state index contributed by atoms with van der Waals surface area (Å²) in [5.41, 5.74) is 4.30. The minimum atomic E-state index is 0.672. The van der Waals surface area contributed by atoms with Crippen LogP contribution in [0.25, 0.3) is 0 Å². The van der Waals surface area contributed by atoms with Crippen molar-refractivity contribution in [3.8, 4) is 0 Å². The second-order valence-electron chi connectivity index (χ2n) is 4.74. The summed E-state index contributed by atoms with van der Waals surface area (Å²) in [4.78, 5) is 0. The number of benzene rings is 1. The molecule has 0 saturated carbocycles. The normalized spacial score (nSPS) is 12.8. The lowest BCUT2D eigenvalue weighted by atomic mass is 9.98. The highest BCUT2D eigenvalue weighted by Gasteiger charge is 2.06. The fourth-order valence-electron chi connectivity index (χ4n) is 2.24. The molecule has 0 aliphatic heterocycles. The Kier molecular flexibility index (Phi) is 5.54. The van der Waals surface area contributed by atoms with Gasteiger partial charge < -0.3 is 5.32 Å². The van der Waals surface area contributed by atoms with Crippen molar-refractivity contribution in [3.05, 3.63) is 34.9 Å². The van der Waals surface area contributed by atoms with Gasteiger partial charge in [0.15, 0.2) is 0 Å². The van der Waals surface area contributed by atoms with E-state index in [-0.39, 0.29) is 0 Å². The first-order valence-corrected chi connectivity index (χ1v) is 6.40. The molecule has 1 aromatic rings. The van der Waals surface area contributed by atoms with E-state index in [2.05, 4.69) is 51.3 Å². The van der Waals surface area contributed by atoms with Gasteiger partial charge >= 0.3 is 0 Å².